The van der Waals surface area contributed by atoms with Crippen LogP contribution in [0.4, 0.5) is 0 Å². The Morgan fingerprint density at radius 2 is 1.86 bits per heavy atom. The lowest BCUT2D eigenvalue weighted by Gasteiger charge is -2.42. The number of aliphatic hydroxyl groups is 3. The maximum absolute atomic E-state index is 11.8. The van der Waals surface area contributed by atoms with Crippen molar-refractivity contribution in [1.29, 1.82) is 0 Å². The maximum Gasteiger partial charge on any atom is 0.253 e. The van der Waals surface area contributed by atoms with E-state index in [1.54, 1.807) is 0 Å². The Balaban J connectivity index is 1.76. The molecule has 2 aliphatic heterocycles. The van der Waals surface area contributed by atoms with Crippen molar-refractivity contribution < 1.29 is 44.0 Å². The highest BCUT2D eigenvalue weighted by molar-refractivity contribution is 6.13. The molecular formula is C17H25N3O9. The lowest BCUT2D eigenvalue weighted by molar-refractivity contribution is -0.269. The number of amides is 4. The molecule has 0 unspecified atom stereocenters. The largest absolute Gasteiger partial charge is 0.394 e. The van der Waals surface area contributed by atoms with Crippen LogP contribution in [0.15, 0.2) is 12.2 Å². The molecule has 0 aromatic heterocycles. The van der Waals surface area contributed by atoms with Crippen molar-refractivity contribution in [3.8, 4) is 0 Å². The molecule has 4 amide bonds. The number of hydrogen-bond donors (Lipinski definition) is 5. The van der Waals surface area contributed by atoms with Gasteiger partial charge >= 0.3 is 0 Å². The molecule has 0 aromatic rings. The quantitative estimate of drug-likeness (QED) is 0.188. The predicted molar refractivity (Wildman–Crippen MR) is 94.8 cm³/mol. The van der Waals surface area contributed by atoms with Crippen molar-refractivity contribution in [3.63, 3.8) is 0 Å². The van der Waals surface area contributed by atoms with Gasteiger partial charge in [-0.25, -0.2) is 0 Å². The zero-order valence-corrected chi connectivity index (χ0v) is 15.8. The molecule has 2 rings (SSSR count). The zero-order chi connectivity index (χ0) is 21.6. The van der Waals surface area contributed by atoms with E-state index in [-0.39, 0.29) is 26.1 Å². The minimum Gasteiger partial charge on any atom is -0.394 e. The number of carbonyl (C=O) groups is 4. The van der Waals surface area contributed by atoms with Gasteiger partial charge in [-0.2, -0.15) is 0 Å². The second kappa shape index (κ2) is 10.4. The number of imide groups is 1. The van der Waals surface area contributed by atoms with Crippen LogP contribution in [0.3, 0.4) is 0 Å². The third-order valence-corrected chi connectivity index (χ3v) is 4.42. The summed E-state index contributed by atoms with van der Waals surface area (Å²) in [5.74, 6) is -1.82. The SMILES string of the molecule is CC(=O)N[C@@H]1[C@H](OCCNC(=O)CCN2C(=O)C=CC2=O)O[C@H](CO)[C@@H](O)[C@@H]1O. The van der Waals surface area contributed by atoms with Crippen LogP contribution in [0, 0.1) is 0 Å². The van der Waals surface area contributed by atoms with Crippen molar-refractivity contribution in [1.82, 2.24) is 15.5 Å². The number of hydrogen-bond acceptors (Lipinski definition) is 9. The maximum atomic E-state index is 11.8. The fourth-order valence-electron chi connectivity index (χ4n) is 2.93. The second-order valence-corrected chi connectivity index (χ2v) is 6.57. The number of carbonyl (C=O) groups excluding carboxylic acids is 4. The van der Waals surface area contributed by atoms with Gasteiger partial charge in [0.15, 0.2) is 6.29 Å². The van der Waals surface area contributed by atoms with Crippen LogP contribution in [0.25, 0.3) is 0 Å². The van der Waals surface area contributed by atoms with Crippen LogP contribution in [-0.2, 0) is 28.7 Å². The van der Waals surface area contributed by atoms with Crippen LogP contribution in [0.5, 0.6) is 0 Å². The third-order valence-electron chi connectivity index (χ3n) is 4.42. The Bertz CT molecular complexity index is 651. The molecule has 5 atom stereocenters. The lowest BCUT2D eigenvalue weighted by atomic mass is 9.97. The summed E-state index contributed by atoms with van der Waals surface area (Å²) in [4.78, 5) is 46.9. The molecule has 12 heteroatoms. The minimum absolute atomic E-state index is 0.0457. The summed E-state index contributed by atoms with van der Waals surface area (Å²) in [6, 6.07) is -1.07. The van der Waals surface area contributed by atoms with E-state index in [1.807, 2.05) is 0 Å². The Hall–Kier alpha value is -2.38. The molecule has 0 aliphatic carbocycles. The van der Waals surface area contributed by atoms with Crippen LogP contribution in [0.1, 0.15) is 13.3 Å². The van der Waals surface area contributed by atoms with Crippen molar-refractivity contribution in [2.24, 2.45) is 0 Å². The molecule has 0 aromatic carbocycles. The summed E-state index contributed by atoms with van der Waals surface area (Å²) in [5, 5.41) is 34.3. The molecule has 1 saturated heterocycles. The van der Waals surface area contributed by atoms with Gasteiger partial charge in [-0.1, -0.05) is 0 Å². The Morgan fingerprint density at radius 3 is 2.45 bits per heavy atom. The number of nitrogens with zero attached hydrogens (tertiary/aromatic N) is 1. The molecule has 2 heterocycles. The molecule has 2 aliphatic rings. The Kier molecular flexibility index (Phi) is 8.22. The van der Waals surface area contributed by atoms with Crippen molar-refractivity contribution in [2.75, 3.05) is 26.3 Å². The van der Waals surface area contributed by atoms with E-state index in [9.17, 15) is 34.5 Å². The van der Waals surface area contributed by atoms with E-state index in [2.05, 4.69) is 10.6 Å². The number of aliphatic hydroxyl groups excluding tert-OH is 3. The second-order valence-electron chi connectivity index (χ2n) is 6.57. The number of ether oxygens (including phenoxy) is 2. The van der Waals surface area contributed by atoms with Gasteiger partial charge in [0.1, 0.15) is 24.4 Å². The van der Waals surface area contributed by atoms with Gasteiger partial charge in [-0.15, -0.1) is 0 Å². The predicted octanol–water partition coefficient (Wildman–Crippen LogP) is -3.62. The average molecular weight is 415 g/mol. The van der Waals surface area contributed by atoms with Gasteiger partial charge in [0.05, 0.1) is 13.2 Å². The Labute approximate surface area is 166 Å². The molecule has 29 heavy (non-hydrogen) atoms. The first-order valence-corrected chi connectivity index (χ1v) is 9.06. The summed E-state index contributed by atoms with van der Waals surface area (Å²) in [5.41, 5.74) is 0. The van der Waals surface area contributed by atoms with Crippen molar-refractivity contribution in [3.05, 3.63) is 12.2 Å². The molecule has 0 bridgehead atoms. The molecule has 5 N–H and O–H groups in total. The first-order chi connectivity index (χ1) is 13.7. The lowest BCUT2D eigenvalue weighted by Crippen LogP contribution is -2.64. The molecule has 0 radical (unpaired) electrons. The van der Waals surface area contributed by atoms with E-state index in [0.717, 1.165) is 17.1 Å². The van der Waals surface area contributed by atoms with Gasteiger partial charge in [0.25, 0.3) is 11.8 Å². The van der Waals surface area contributed by atoms with Gasteiger partial charge in [0.2, 0.25) is 11.8 Å². The normalized spacial score (nSPS) is 29.2. The average Bonchev–Trinajstić information content (AvgIpc) is 2.99. The van der Waals surface area contributed by atoms with Gasteiger partial charge in [0, 0.05) is 38.6 Å². The van der Waals surface area contributed by atoms with Gasteiger partial charge in [-0.05, 0) is 0 Å². The van der Waals surface area contributed by atoms with Crippen LogP contribution in [0.2, 0.25) is 0 Å². The van der Waals surface area contributed by atoms with Crippen LogP contribution in [-0.4, -0.2) is 101 Å². The van der Waals surface area contributed by atoms with E-state index in [0.29, 0.717) is 0 Å². The van der Waals surface area contributed by atoms with Crippen molar-refractivity contribution >= 4 is 23.6 Å². The molecule has 12 nitrogen and oxygen atoms in total. The van der Waals surface area contributed by atoms with Crippen LogP contribution >= 0.6 is 0 Å². The molecular weight excluding hydrogens is 390 g/mol. The highest BCUT2D eigenvalue weighted by atomic mass is 16.7. The molecule has 1 fully saturated rings. The fourth-order valence-corrected chi connectivity index (χ4v) is 2.93. The fraction of sp³-hybridized carbons (Fsp3) is 0.647. The van der Waals surface area contributed by atoms with Crippen molar-refractivity contribution in [2.45, 2.75) is 44.0 Å². The van der Waals surface area contributed by atoms with Gasteiger partial charge in [-0.3, -0.25) is 24.1 Å². The zero-order valence-electron chi connectivity index (χ0n) is 15.8. The topological polar surface area (TPSA) is 175 Å². The first kappa shape index (κ1) is 22.9. The van der Waals surface area contributed by atoms with Crippen LogP contribution < -0.4 is 10.6 Å². The highest BCUT2D eigenvalue weighted by Crippen LogP contribution is 2.22. The summed E-state index contributed by atoms with van der Waals surface area (Å²) in [6.45, 7) is 0.602. The molecule has 0 spiro atoms. The summed E-state index contributed by atoms with van der Waals surface area (Å²) in [6.07, 6.45) is -2.90. The summed E-state index contributed by atoms with van der Waals surface area (Å²) < 4.78 is 10.8. The van der Waals surface area contributed by atoms with E-state index >= 15 is 0 Å². The van der Waals surface area contributed by atoms with E-state index in [4.69, 9.17) is 9.47 Å². The monoisotopic (exact) mass is 415 g/mol. The first-order valence-electron chi connectivity index (χ1n) is 9.06. The smallest absolute Gasteiger partial charge is 0.253 e. The van der Waals surface area contributed by atoms with E-state index in [1.165, 1.54) is 6.92 Å². The minimum atomic E-state index is -1.42. The third kappa shape index (κ3) is 6.05. The number of rotatable bonds is 9. The molecule has 0 saturated carbocycles. The van der Waals surface area contributed by atoms with E-state index < -0.39 is 60.9 Å². The summed E-state index contributed by atoms with van der Waals surface area (Å²) >= 11 is 0. The number of nitrogens with one attached hydrogen (secondary N) is 2. The Morgan fingerprint density at radius 1 is 1.21 bits per heavy atom. The highest BCUT2D eigenvalue weighted by Gasteiger charge is 2.45. The molecule has 162 valence electrons. The standard InChI is InChI=1S/C17H25N3O9/c1-9(22)19-14-16(27)15(26)10(8-21)29-17(14)28-7-5-18-11(23)4-6-20-12(24)2-3-13(20)25/h2-3,10,14-17,21,26-27H,4-8H2,1H3,(H,18,23)(H,19,22)/t10-,14+,15-,16-,17-/m1/s1. The summed E-state index contributed by atoms with van der Waals surface area (Å²) in [7, 11) is 0. The van der Waals surface area contributed by atoms with Gasteiger partial charge < -0.3 is 35.4 Å².